The van der Waals surface area contributed by atoms with Crippen molar-refractivity contribution in [1.29, 1.82) is 5.26 Å². The topological polar surface area (TPSA) is 112 Å². The molecule has 1 aromatic heterocycles. The lowest BCUT2D eigenvalue weighted by Gasteiger charge is -2.39. The van der Waals surface area contributed by atoms with Gasteiger partial charge in [-0.15, -0.1) is 11.3 Å². The highest BCUT2D eigenvalue weighted by Gasteiger charge is 2.39. The number of benzene rings is 1. The second kappa shape index (κ2) is 11.4. The Balaban J connectivity index is 1.67. The Morgan fingerprint density at radius 2 is 1.91 bits per heavy atom. The number of amides is 3. The first-order valence-electron chi connectivity index (χ1n) is 11.7. The van der Waals surface area contributed by atoms with Crippen LogP contribution in [0.2, 0.25) is 0 Å². The monoisotopic (exact) mass is 496 g/mol. The summed E-state index contributed by atoms with van der Waals surface area (Å²) in [5.74, 6) is -0.616. The fourth-order valence-electron chi connectivity index (χ4n) is 4.02. The molecule has 1 saturated heterocycles. The van der Waals surface area contributed by atoms with Crippen LogP contribution in [0.4, 0.5) is 4.79 Å². The summed E-state index contributed by atoms with van der Waals surface area (Å²) < 4.78 is 5.56. The lowest BCUT2D eigenvalue weighted by molar-refractivity contribution is -0.132. The fourth-order valence-corrected chi connectivity index (χ4v) is 4.76. The Kier molecular flexibility index (Phi) is 8.52. The van der Waals surface area contributed by atoms with E-state index in [-0.39, 0.29) is 24.3 Å². The molecule has 1 unspecified atom stereocenters. The van der Waals surface area contributed by atoms with Gasteiger partial charge in [0.1, 0.15) is 28.6 Å². The molecule has 2 N–H and O–H groups in total. The maximum absolute atomic E-state index is 13.3. The lowest BCUT2D eigenvalue weighted by Crippen LogP contribution is -2.57. The van der Waals surface area contributed by atoms with Crippen molar-refractivity contribution < 1.29 is 19.1 Å². The van der Waals surface area contributed by atoms with Crippen molar-refractivity contribution in [3.63, 3.8) is 0 Å². The molecule has 9 heteroatoms. The summed E-state index contributed by atoms with van der Waals surface area (Å²) in [4.78, 5) is 41.7. The summed E-state index contributed by atoms with van der Waals surface area (Å²) in [6, 6.07) is 13.9. The van der Waals surface area contributed by atoms with Crippen LogP contribution in [0, 0.1) is 11.3 Å². The van der Waals surface area contributed by atoms with Gasteiger partial charge in [0.25, 0.3) is 0 Å². The van der Waals surface area contributed by atoms with E-state index in [2.05, 4.69) is 16.7 Å². The largest absolute Gasteiger partial charge is 0.444 e. The molecule has 1 aliphatic rings. The third kappa shape index (κ3) is 7.30. The number of thiophene rings is 1. The zero-order valence-electron chi connectivity index (χ0n) is 20.5. The quantitative estimate of drug-likeness (QED) is 0.630. The van der Waals surface area contributed by atoms with Gasteiger partial charge in [0.2, 0.25) is 11.8 Å². The molecule has 1 aromatic carbocycles. The number of rotatable bonds is 6. The SMILES string of the molecule is CC(NC(=O)[C@H]1C[C@@H](c2ccccc2)CCN1C(=O)OC(C)(C)C)C(=O)NCc1ccc(C#N)s1. The third-order valence-corrected chi connectivity index (χ3v) is 6.75. The van der Waals surface area contributed by atoms with Crippen LogP contribution in [0.5, 0.6) is 0 Å². The Labute approximate surface area is 210 Å². The summed E-state index contributed by atoms with van der Waals surface area (Å²) >= 11 is 1.31. The number of hydrogen-bond acceptors (Lipinski definition) is 6. The molecule has 3 rings (SSSR count). The number of nitrogens with zero attached hydrogens (tertiary/aromatic N) is 2. The van der Waals surface area contributed by atoms with Gasteiger partial charge in [-0.05, 0) is 64.2 Å². The van der Waals surface area contributed by atoms with E-state index in [1.54, 1.807) is 39.8 Å². The molecule has 0 radical (unpaired) electrons. The number of nitrogens with one attached hydrogen (secondary N) is 2. The molecule has 0 spiro atoms. The van der Waals surface area contributed by atoms with Crippen LogP contribution in [0.1, 0.15) is 61.8 Å². The zero-order valence-corrected chi connectivity index (χ0v) is 21.4. The molecule has 186 valence electrons. The van der Waals surface area contributed by atoms with Crippen molar-refractivity contribution in [2.24, 2.45) is 0 Å². The summed E-state index contributed by atoms with van der Waals surface area (Å²) in [5.41, 5.74) is 0.432. The van der Waals surface area contributed by atoms with Gasteiger partial charge >= 0.3 is 6.09 Å². The molecule has 0 bridgehead atoms. The zero-order chi connectivity index (χ0) is 25.6. The molecule has 0 saturated carbocycles. The molecule has 3 atom stereocenters. The van der Waals surface area contributed by atoms with Gasteiger partial charge in [-0.25, -0.2) is 4.79 Å². The molecule has 35 heavy (non-hydrogen) atoms. The van der Waals surface area contributed by atoms with Crippen LogP contribution < -0.4 is 10.6 Å². The van der Waals surface area contributed by atoms with Crippen LogP contribution in [-0.4, -0.2) is 47.0 Å². The number of carbonyl (C=O) groups excluding carboxylic acids is 3. The van der Waals surface area contributed by atoms with Crippen molar-refractivity contribution in [2.45, 2.75) is 70.7 Å². The number of nitriles is 1. The summed E-state index contributed by atoms with van der Waals surface area (Å²) in [6.45, 7) is 7.63. The average molecular weight is 497 g/mol. The van der Waals surface area contributed by atoms with E-state index in [1.807, 2.05) is 30.3 Å². The van der Waals surface area contributed by atoms with Crippen molar-refractivity contribution >= 4 is 29.2 Å². The molecule has 1 aliphatic heterocycles. The van der Waals surface area contributed by atoms with Gasteiger partial charge in [-0.3, -0.25) is 14.5 Å². The van der Waals surface area contributed by atoms with E-state index >= 15 is 0 Å². The molecule has 0 aliphatic carbocycles. The van der Waals surface area contributed by atoms with Gasteiger partial charge in [-0.1, -0.05) is 30.3 Å². The predicted octanol–water partition coefficient (Wildman–Crippen LogP) is 3.92. The third-order valence-electron chi connectivity index (χ3n) is 5.76. The standard InChI is InChI=1S/C26H32N4O4S/c1-17(23(31)28-16-21-11-10-20(15-27)35-21)29-24(32)22-14-19(18-8-6-5-7-9-18)12-13-30(22)25(33)34-26(2,3)4/h5-11,17,19,22H,12-14,16H2,1-4H3,(H,28,31)(H,29,32)/t17?,19-,22+/m0/s1. The van der Waals surface area contributed by atoms with Gasteiger partial charge in [0.05, 0.1) is 6.54 Å². The summed E-state index contributed by atoms with van der Waals surface area (Å²) in [7, 11) is 0. The minimum absolute atomic E-state index is 0.114. The van der Waals surface area contributed by atoms with E-state index in [0.29, 0.717) is 24.3 Å². The highest BCUT2D eigenvalue weighted by Crippen LogP contribution is 2.32. The van der Waals surface area contributed by atoms with Crippen LogP contribution in [0.25, 0.3) is 0 Å². The molecule has 8 nitrogen and oxygen atoms in total. The highest BCUT2D eigenvalue weighted by molar-refractivity contribution is 7.12. The Hall–Kier alpha value is -3.38. The number of hydrogen-bond donors (Lipinski definition) is 2. The van der Waals surface area contributed by atoms with E-state index in [4.69, 9.17) is 10.00 Å². The maximum atomic E-state index is 13.3. The molecule has 2 heterocycles. The van der Waals surface area contributed by atoms with Gasteiger partial charge < -0.3 is 15.4 Å². The van der Waals surface area contributed by atoms with Crippen molar-refractivity contribution in [2.75, 3.05) is 6.54 Å². The summed E-state index contributed by atoms with van der Waals surface area (Å²) in [6.07, 6.45) is 0.622. The van der Waals surface area contributed by atoms with E-state index < -0.39 is 23.8 Å². The number of piperidine rings is 1. The molecular weight excluding hydrogens is 464 g/mol. The Morgan fingerprint density at radius 1 is 1.20 bits per heavy atom. The second-order valence-corrected chi connectivity index (χ2v) is 10.8. The number of likely N-dealkylation sites (tertiary alicyclic amines) is 1. The maximum Gasteiger partial charge on any atom is 0.410 e. The molecule has 1 fully saturated rings. The average Bonchev–Trinajstić information content (AvgIpc) is 3.29. The Morgan fingerprint density at radius 3 is 2.54 bits per heavy atom. The lowest BCUT2D eigenvalue weighted by atomic mass is 9.85. The molecule has 2 aromatic rings. The van der Waals surface area contributed by atoms with Crippen LogP contribution in [-0.2, 0) is 20.9 Å². The number of ether oxygens (including phenoxy) is 1. The van der Waals surface area contributed by atoms with E-state index in [9.17, 15) is 14.4 Å². The first kappa shape index (κ1) is 26.2. The van der Waals surface area contributed by atoms with Crippen molar-refractivity contribution in [1.82, 2.24) is 15.5 Å². The van der Waals surface area contributed by atoms with Gasteiger partial charge in [0.15, 0.2) is 0 Å². The Bertz CT molecular complexity index is 1090. The van der Waals surface area contributed by atoms with Crippen LogP contribution >= 0.6 is 11.3 Å². The normalized spacial score (nSPS) is 18.8. The van der Waals surface area contributed by atoms with Gasteiger partial charge in [-0.2, -0.15) is 5.26 Å². The van der Waals surface area contributed by atoms with E-state index in [0.717, 1.165) is 10.4 Å². The van der Waals surface area contributed by atoms with E-state index in [1.165, 1.54) is 16.2 Å². The first-order valence-corrected chi connectivity index (χ1v) is 12.5. The highest BCUT2D eigenvalue weighted by atomic mass is 32.1. The summed E-state index contributed by atoms with van der Waals surface area (Å²) in [5, 5.41) is 14.5. The van der Waals surface area contributed by atoms with Crippen LogP contribution in [0.3, 0.4) is 0 Å². The smallest absolute Gasteiger partial charge is 0.410 e. The van der Waals surface area contributed by atoms with Gasteiger partial charge in [0, 0.05) is 11.4 Å². The predicted molar refractivity (Wildman–Crippen MR) is 134 cm³/mol. The first-order chi connectivity index (χ1) is 16.6. The molecular formula is C26H32N4O4S. The molecule has 3 amide bonds. The minimum atomic E-state index is -0.796. The fraction of sp³-hybridized carbons (Fsp3) is 0.462. The second-order valence-electron chi connectivity index (χ2n) is 9.65. The van der Waals surface area contributed by atoms with Crippen LogP contribution in [0.15, 0.2) is 42.5 Å². The van der Waals surface area contributed by atoms with Crippen molar-refractivity contribution in [3.05, 3.63) is 57.8 Å². The minimum Gasteiger partial charge on any atom is -0.444 e. The van der Waals surface area contributed by atoms with Crippen molar-refractivity contribution in [3.8, 4) is 6.07 Å². The number of carbonyl (C=O) groups is 3.